The first-order valence-electron chi connectivity index (χ1n) is 7.35. The van der Waals surface area contributed by atoms with E-state index >= 15 is 0 Å². The molecule has 2 atom stereocenters. The van der Waals surface area contributed by atoms with Gasteiger partial charge >= 0.3 is 0 Å². The van der Waals surface area contributed by atoms with Crippen LogP contribution in [0.15, 0.2) is 12.3 Å². The molecule has 2 fully saturated rings. The third-order valence-electron chi connectivity index (χ3n) is 4.78. The van der Waals surface area contributed by atoms with Crippen molar-refractivity contribution in [3.05, 3.63) is 29.1 Å². The SMILES string of the molecule is Cc1cnc(C(O)C2CCOC3(CCC3)C2)c(C)c1. The zero-order valence-corrected chi connectivity index (χ0v) is 11.9. The normalized spacial score (nSPS) is 27.0. The number of aliphatic hydroxyl groups is 1. The summed E-state index contributed by atoms with van der Waals surface area (Å²) in [5, 5.41) is 10.7. The molecule has 1 aliphatic heterocycles. The molecule has 3 rings (SSSR count). The Kier molecular flexibility index (Phi) is 3.35. The Hall–Kier alpha value is -0.930. The lowest BCUT2D eigenvalue weighted by Crippen LogP contribution is -2.46. The van der Waals surface area contributed by atoms with E-state index in [-0.39, 0.29) is 5.60 Å². The molecule has 1 spiro atoms. The van der Waals surface area contributed by atoms with Crippen LogP contribution in [0, 0.1) is 19.8 Å². The maximum Gasteiger partial charge on any atom is 0.0992 e. The zero-order valence-electron chi connectivity index (χ0n) is 11.9. The van der Waals surface area contributed by atoms with Gasteiger partial charge in [-0.1, -0.05) is 6.07 Å². The topological polar surface area (TPSA) is 42.4 Å². The highest BCUT2D eigenvalue weighted by Gasteiger charge is 2.44. The second-order valence-corrected chi connectivity index (χ2v) is 6.30. The van der Waals surface area contributed by atoms with Crippen LogP contribution in [-0.4, -0.2) is 22.3 Å². The second kappa shape index (κ2) is 4.88. The zero-order chi connectivity index (χ0) is 13.5. The van der Waals surface area contributed by atoms with E-state index in [9.17, 15) is 5.11 Å². The molecule has 104 valence electrons. The molecule has 1 saturated carbocycles. The quantitative estimate of drug-likeness (QED) is 0.889. The van der Waals surface area contributed by atoms with Crippen LogP contribution in [0.4, 0.5) is 0 Å². The summed E-state index contributed by atoms with van der Waals surface area (Å²) in [4.78, 5) is 4.45. The average molecular weight is 261 g/mol. The molecule has 3 nitrogen and oxygen atoms in total. The molecule has 19 heavy (non-hydrogen) atoms. The molecule has 1 aromatic rings. The predicted octanol–water partition coefficient (Wildman–Crippen LogP) is 3.08. The summed E-state index contributed by atoms with van der Waals surface area (Å²) >= 11 is 0. The monoisotopic (exact) mass is 261 g/mol. The first kappa shape index (κ1) is 13.1. The Morgan fingerprint density at radius 2 is 2.21 bits per heavy atom. The van der Waals surface area contributed by atoms with E-state index < -0.39 is 6.10 Å². The van der Waals surface area contributed by atoms with Crippen LogP contribution >= 0.6 is 0 Å². The Balaban J connectivity index is 1.77. The van der Waals surface area contributed by atoms with Crippen LogP contribution in [-0.2, 0) is 4.74 Å². The van der Waals surface area contributed by atoms with Gasteiger partial charge in [0.15, 0.2) is 0 Å². The molecule has 2 heterocycles. The van der Waals surface area contributed by atoms with Crippen LogP contribution in [0.5, 0.6) is 0 Å². The summed E-state index contributed by atoms with van der Waals surface area (Å²) < 4.78 is 5.94. The fraction of sp³-hybridized carbons (Fsp3) is 0.688. The Labute approximate surface area is 115 Å². The van der Waals surface area contributed by atoms with Crippen LogP contribution < -0.4 is 0 Å². The molecule has 1 saturated heterocycles. The Morgan fingerprint density at radius 1 is 1.42 bits per heavy atom. The van der Waals surface area contributed by atoms with Gasteiger partial charge in [0, 0.05) is 12.8 Å². The van der Waals surface area contributed by atoms with Gasteiger partial charge in [0.2, 0.25) is 0 Å². The second-order valence-electron chi connectivity index (χ2n) is 6.30. The highest BCUT2D eigenvalue weighted by molar-refractivity contribution is 5.25. The maximum atomic E-state index is 10.7. The van der Waals surface area contributed by atoms with Gasteiger partial charge in [0.05, 0.1) is 17.4 Å². The molecule has 2 aliphatic rings. The van der Waals surface area contributed by atoms with Gasteiger partial charge in [-0.2, -0.15) is 0 Å². The first-order valence-corrected chi connectivity index (χ1v) is 7.35. The van der Waals surface area contributed by atoms with Crippen LogP contribution in [0.3, 0.4) is 0 Å². The molecule has 0 radical (unpaired) electrons. The smallest absolute Gasteiger partial charge is 0.0992 e. The molecule has 1 aromatic heterocycles. The number of hydrogen-bond donors (Lipinski definition) is 1. The third-order valence-corrected chi connectivity index (χ3v) is 4.78. The number of aromatic nitrogens is 1. The van der Waals surface area contributed by atoms with E-state index in [0.717, 1.165) is 49.1 Å². The maximum absolute atomic E-state index is 10.7. The summed E-state index contributed by atoms with van der Waals surface area (Å²) in [5.74, 6) is 0.294. The molecule has 1 N–H and O–H groups in total. The van der Waals surface area contributed by atoms with Gasteiger partial charge in [-0.15, -0.1) is 0 Å². The minimum atomic E-state index is -0.443. The molecule has 3 heteroatoms. The van der Waals surface area contributed by atoms with Crippen molar-refractivity contribution in [2.75, 3.05) is 6.61 Å². The van der Waals surface area contributed by atoms with Gasteiger partial charge in [0.1, 0.15) is 0 Å². The van der Waals surface area contributed by atoms with Crippen molar-refractivity contribution in [1.82, 2.24) is 4.98 Å². The first-order chi connectivity index (χ1) is 9.10. The Bertz CT molecular complexity index is 468. The third kappa shape index (κ3) is 2.41. The molecule has 0 bridgehead atoms. The van der Waals surface area contributed by atoms with Gasteiger partial charge < -0.3 is 9.84 Å². The molecule has 0 aromatic carbocycles. The van der Waals surface area contributed by atoms with E-state index in [1.165, 1.54) is 6.42 Å². The number of nitrogens with zero attached hydrogens (tertiary/aromatic N) is 1. The van der Waals surface area contributed by atoms with Crippen molar-refractivity contribution in [2.45, 2.75) is 57.7 Å². The summed E-state index contributed by atoms with van der Waals surface area (Å²) in [7, 11) is 0. The van der Waals surface area contributed by atoms with Crippen LogP contribution in [0.2, 0.25) is 0 Å². The molecule has 2 unspecified atom stereocenters. The standard InChI is InChI=1S/C16H23NO2/c1-11-8-12(2)14(17-10-11)15(18)13-4-7-19-16(9-13)5-3-6-16/h8,10,13,15,18H,3-7,9H2,1-2H3. The van der Waals surface area contributed by atoms with Gasteiger partial charge in [-0.3, -0.25) is 4.98 Å². The van der Waals surface area contributed by atoms with E-state index in [0.29, 0.717) is 5.92 Å². The highest BCUT2D eigenvalue weighted by atomic mass is 16.5. The minimum absolute atomic E-state index is 0.0858. The average Bonchev–Trinajstić information content (AvgIpc) is 2.36. The molecule has 1 aliphatic carbocycles. The summed E-state index contributed by atoms with van der Waals surface area (Å²) in [6.45, 7) is 4.86. The van der Waals surface area contributed by atoms with E-state index in [1.807, 2.05) is 20.0 Å². The summed E-state index contributed by atoms with van der Waals surface area (Å²) in [6, 6.07) is 2.10. The number of aryl methyl sites for hydroxylation is 2. The van der Waals surface area contributed by atoms with Crippen LogP contribution in [0.25, 0.3) is 0 Å². The minimum Gasteiger partial charge on any atom is -0.387 e. The lowest BCUT2D eigenvalue weighted by Gasteiger charge is -2.48. The fourth-order valence-electron chi connectivity index (χ4n) is 3.51. The Morgan fingerprint density at radius 3 is 2.84 bits per heavy atom. The predicted molar refractivity (Wildman–Crippen MR) is 73.9 cm³/mol. The van der Waals surface area contributed by atoms with Crippen LogP contribution in [0.1, 0.15) is 55.0 Å². The van der Waals surface area contributed by atoms with E-state index in [1.54, 1.807) is 0 Å². The summed E-state index contributed by atoms with van der Waals surface area (Å²) in [5.41, 5.74) is 3.19. The molecular weight excluding hydrogens is 238 g/mol. The van der Waals surface area contributed by atoms with Crippen molar-refractivity contribution < 1.29 is 9.84 Å². The number of aliphatic hydroxyl groups excluding tert-OH is 1. The summed E-state index contributed by atoms with van der Waals surface area (Å²) in [6.07, 6.45) is 6.94. The van der Waals surface area contributed by atoms with Crippen molar-refractivity contribution in [1.29, 1.82) is 0 Å². The van der Waals surface area contributed by atoms with Gasteiger partial charge in [-0.05, 0) is 63.0 Å². The molecular formula is C16H23NO2. The van der Waals surface area contributed by atoms with Crippen molar-refractivity contribution >= 4 is 0 Å². The van der Waals surface area contributed by atoms with E-state index in [2.05, 4.69) is 11.1 Å². The van der Waals surface area contributed by atoms with Crippen molar-refractivity contribution in [3.63, 3.8) is 0 Å². The van der Waals surface area contributed by atoms with Gasteiger partial charge in [-0.25, -0.2) is 0 Å². The number of hydrogen-bond acceptors (Lipinski definition) is 3. The number of ether oxygens (including phenoxy) is 1. The number of rotatable bonds is 2. The molecule has 0 amide bonds. The lowest BCUT2D eigenvalue weighted by molar-refractivity contribution is -0.157. The van der Waals surface area contributed by atoms with Gasteiger partial charge in [0.25, 0.3) is 0 Å². The highest BCUT2D eigenvalue weighted by Crippen LogP contribution is 2.47. The fourth-order valence-corrected chi connectivity index (χ4v) is 3.51. The number of pyridine rings is 1. The largest absolute Gasteiger partial charge is 0.387 e. The van der Waals surface area contributed by atoms with Crippen molar-refractivity contribution in [3.8, 4) is 0 Å². The lowest BCUT2D eigenvalue weighted by atomic mass is 9.70. The van der Waals surface area contributed by atoms with E-state index in [4.69, 9.17) is 4.74 Å². The van der Waals surface area contributed by atoms with Crippen molar-refractivity contribution in [2.24, 2.45) is 5.92 Å².